The lowest BCUT2D eigenvalue weighted by molar-refractivity contribution is 0.0697. The second-order valence-electron chi connectivity index (χ2n) is 10.9. The van der Waals surface area contributed by atoms with Crippen LogP contribution in [0.5, 0.6) is 5.88 Å². The van der Waals surface area contributed by atoms with Crippen LogP contribution in [-0.4, -0.2) is 53.6 Å². The number of aromatic carboxylic acids is 1. The number of nitrogens with zero attached hydrogens (tertiary/aromatic N) is 6. The molecule has 7 rings (SSSR count). The van der Waals surface area contributed by atoms with Crippen LogP contribution in [0.1, 0.15) is 45.3 Å². The van der Waals surface area contributed by atoms with E-state index in [1.54, 1.807) is 59.4 Å². The van der Waals surface area contributed by atoms with E-state index in [0.29, 0.717) is 35.5 Å². The Bertz CT molecular complexity index is 1800. The van der Waals surface area contributed by atoms with E-state index >= 15 is 0 Å². The first-order chi connectivity index (χ1) is 20.4. The highest BCUT2D eigenvalue weighted by molar-refractivity contribution is 7.09. The molecule has 2 atom stereocenters. The molecule has 1 aliphatic carbocycles. The zero-order chi connectivity index (χ0) is 28.8. The molecule has 3 aromatic heterocycles. The molecule has 2 aliphatic rings. The van der Waals surface area contributed by atoms with Crippen molar-refractivity contribution >= 4 is 39.9 Å². The standard InChI is InChI=1S/C30H26ClFN6O3S/c31-21-3-1-19(23(32)10-21)16-41-27-5-7-34-29(36-27)30-6-8-37(13-20(30)11-30)15-26-35-24-4-2-18(28(39)40)9-25(24)38(26)14-22-12-33-17-42-22/h1-5,7,9-10,12,17,20H,6,8,11,13-16H2,(H,39,40)/t20?,30-/m1/s1. The predicted octanol–water partition coefficient (Wildman–Crippen LogP) is 5.56. The molecule has 4 heterocycles. The highest BCUT2D eigenvalue weighted by Crippen LogP contribution is 2.58. The van der Waals surface area contributed by atoms with Crippen molar-refractivity contribution < 1.29 is 19.0 Å². The topological polar surface area (TPSA) is 106 Å². The molecule has 1 saturated heterocycles. The highest BCUT2D eigenvalue weighted by atomic mass is 35.5. The lowest BCUT2D eigenvalue weighted by Gasteiger charge is -2.30. The zero-order valence-corrected chi connectivity index (χ0v) is 24.0. The second-order valence-corrected chi connectivity index (χ2v) is 12.3. The molecule has 9 nitrogen and oxygen atoms in total. The molecule has 5 aromatic rings. The third-order valence-corrected chi connectivity index (χ3v) is 9.29. The van der Waals surface area contributed by atoms with Crippen LogP contribution in [0.4, 0.5) is 4.39 Å². The van der Waals surface area contributed by atoms with Crippen LogP contribution in [0, 0.1) is 11.7 Å². The van der Waals surface area contributed by atoms with Gasteiger partial charge in [0.25, 0.3) is 0 Å². The minimum Gasteiger partial charge on any atom is -0.478 e. The molecule has 12 heteroatoms. The van der Waals surface area contributed by atoms with E-state index in [1.807, 2.05) is 6.20 Å². The number of rotatable bonds is 9. The molecule has 1 saturated carbocycles. The van der Waals surface area contributed by atoms with Gasteiger partial charge in [0.15, 0.2) is 0 Å². The van der Waals surface area contributed by atoms with Crippen molar-refractivity contribution in [3.8, 4) is 5.88 Å². The summed E-state index contributed by atoms with van der Waals surface area (Å²) in [5.41, 5.74) is 3.95. The van der Waals surface area contributed by atoms with Gasteiger partial charge in [-0.1, -0.05) is 17.7 Å². The van der Waals surface area contributed by atoms with Crippen molar-refractivity contribution in [1.29, 1.82) is 0 Å². The van der Waals surface area contributed by atoms with E-state index in [1.165, 1.54) is 6.07 Å². The van der Waals surface area contributed by atoms with Gasteiger partial charge in [0, 0.05) is 45.9 Å². The van der Waals surface area contributed by atoms with E-state index in [0.717, 1.165) is 53.5 Å². The molecule has 1 N–H and O–H groups in total. The normalized spacial score (nSPS) is 20.0. The van der Waals surface area contributed by atoms with Gasteiger partial charge in [-0.2, -0.15) is 4.98 Å². The highest BCUT2D eigenvalue weighted by Gasteiger charge is 2.59. The third kappa shape index (κ3) is 5.12. The van der Waals surface area contributed by atoms with E-state index < -0.39 is 11.8 Å². The van der Waals surface area contributed by atoms with Crippen LogP contribution in [0.25, 0.3) is 11.0 Å². The van der Waals surface area contributed by atoms with Gasteiger partial charge in [-0.05, 0) is 55.6 Å². The quantitative estimate of drug-likeness (QED) is 0.233. The maximum absolute atomic E-state index is 14.2. The average Bonchev–Trinajstić information content (AvgIpc) is 3.30. The molecule has 0 spiro atoms. The van der Waals surface area contributed by atoms with E-state index in [9.17, 15) is 14.3 Å². The Morgan fingerprint density at radius 1 is 1.19 bits per heavy atom. The van der Waals surface area contributed by atoms with Gasteiger partial charge in [-0.15, -0.1) is 11.3 Å². The molecule has 0 amide bonds. The van der Waals surface area contributed by atoms with Crippen molar-refractivity contribution in [2.45, 2.75) is 38.0 Å². The molecule has 1 aliphatic heterocycles. The van der Waals surface area contributed by atoms with E-state index in [2.05, 4.69) is 19.4 Å². The summed E-state index contributed by atoms with van der Waals surface area (Å²) in [6.45, 7) is 3.03. The Morgan fingerprint density at radius 2 is 2.10 bits per heavy atom. The summed E-state index contributed by atoms with van der Waals surface area (Å²) in [6, 6.07) is 11.3. The minimum atomic E-state index is -0.959. The van der Waals surface area contributed by atoms with E-state index in [4.69, 9.17) is 26.3 Å². The number of hydrogen-bond donors (Lipinski definition) is 1. The zero-order valence-electron chi connectivity index (χ0n) is 22.4. The van der Waals surface area contributed by atoms with Gasteiger partial charge in [-0.25, -0.2) is 19.2 Å². The number of imidazole rings is 1. The monoisotopic (exact) mass is 604 g/mol. The molecule has 0 radical (unpaired) electrons. The fraction of sp³-hybridized carbons (Fsp3) is 0.300. The number of halogens is 2. The number of benzene rings is 2. The van der Waals surface area contributed by atoms with Gasteiger partial charge in [0.1, 0.15) is 24.1 Å². The largest absolute Gasteiger partial charge is 0.478 e. The third-order valence-electron chi connectivity index (χ3n) is 8.29. The number of piperidine rings is 1. The van der Waals surface area contributed by atoms with Gasteiger partial charge >= 0.3 is 5.97 Å². The van der Waals surface area contributed by atoms with Crippen LogP contribution in [-0.2, 0) is 25.1 Å². The molecule has 2 aromatic carbocycles. The molecule has 2 fully saturated rings. The lowest BCUT2D eigenvalue weighted by Crippen LogP contribution is -2.37. The summed E-state index contributed by atoms with van der Waals surface area (Å²) >= 11 is 7.42. The molecule has 0 bridgehead atoms. The van der Waals surface area contributed by atoms with Crippen molar-refractivity contribution in [3.63, 3.8) is 0 Å². The Hall–Kier alpha value is -3.93. The van der Waals surface area contributed by atoms with Gasteiger partial charge in [0.05, 0.1) is 35.2 Å². The number of carboxylic acids is 1. The first-order valence-electron chi connectivity index (χ1n) is 13.6. The number of fused-ring (bicyclic) bond motifs is 2. The summed E-state index contributed by atoms with van der Waals surface area (Å²) < 4.78 is 22.1. The first-order valence-corrected chi connectivity index (χ1v) is 14.9. The molecule has 42 heavy (non-hydrogen) atoms. The Balaban J connectivity index is 1.06. The lowest BCUT2D eigenvalue weighted by atomic mass is 9.94. The molecule has 214 valence electrons. The second kappa shape index (κ2) is 10.7. The Labute approximate surface area is 249 Å². The Kier molecular flexibility index (Phi) is 6.88. The predicted molar refractivity (Wildman–Crippen MR) is 155 cm³/mol. The van der Waals surface area contributed by atoms with Crippen LogP contribution in [0.3, 0.4) is 0 Å². The van der Waals surface area contributed by atoms with Crippen molar-refractivity contribution in [1.82, 2.24) is 29.4 Å². The number of aromatic nitrogens is 5. The van der Waals surface area contributed by atoms with Crippen molar-refractivity contribution in [2.24, 2.45) is 5.92 Å². The maximum atomic E-state index is 14.2. The first kappa shape index (κ1) is 26.9. The number of carboxylic acid groups (broad SMARTS) is 1. The summed E-state index contributed by atoms with van der Waals surface area (Å²) in [5.74, 6) is 1.14. The molecular weight excluding hydrogens is 579 g/mol. The number of ether oxygens (including phenoxy) is 1. The summed E-state index contributed by atoms with van der Waals surface area (Å²) in [7, 11) is 0. The van der Waals surface area contributed by atoms with Gasteiger partial charge < -0.3 is 14.4 Å². The maximum Gasteiger partial charge on any atom is 0.335 e. The van der Waals surface area contributed by atoms with Crippen molar-refractivity contribution in [3.05, 3.63) is 98.9 Å². The fourth-order valence-electron chi connectivity index (χ4n) is 5.95. The van der Waals surface area contributed by atoms with Gasteiger partial charge in [-0.3, -0.25) is 9.88 Å². The van der Waals surface area contributed by atoms with Crippen molar-refractivity contribution in [2.75, 3.05) is 13.1 Å². The van der Waals surface area contributed by atoms with Crippen LogP contribution >= 0.6 is 22.9 Å². The number of likely N-dealkylation sites (tertiary alicyclic amines) is 1. The summed E-state index contributed by atoms with van der Waals surface area (Å²) in [4.78, 5) is 33.6. The number of thiazole rings is 1. The average molecular weight is 605 g/mol. The van der Waals surface area contributed by atoms with Gasteiger partial charge in [0.2, 0.25) is 5.88 Å². The fourth-order valence-corrected chi connectivity index (χ4v) is 6.69. The summed E-state index contributed by atoms with van der Waals surface area (Å²) in [6.07, 6.45) is 5.45. The van der Waals surface area contributed by atoms with E-state index in [-0.39, 0.29) is 17.6 Å². The minimum absolute atomic E-state index is 0.0557. The van der Waals surface area contributed by atoms with Crippen LogP contribution in [0.15, 0.2) is 60.4 Å². The van der Waals surface area contributed by atoms with Crippen LogP contribution < -0.4 is 4.74 Å². The molecule has 1 unspecified atom stereocenters. The molecular formula is C30H26ClFN6O3S. The Morgan fingerprint density at radius 3 is 2.88 bits per heavy atom. The SMILES string of the molecule is O=C(O)c1ccc2nc(CN3CC[C@@]4(c5nccc(OCc6ccc(Cl)cc6F)n5)CC4C3)n(Cc3cncs3)c2c1. The van der Waals surface area contributed by atoms with Crippen LogP contribution in [0.2, 0.25) is 5.02 Å². The number of carbonyl (C=O) groups is 1. The smallest absolute Gasteiger partial charge is 0.335 e. The number of hydrogen-bond acceptors (Lipinski definition) is 8. The summed E-state index contributed by atoms with van der Waals surface area (Å²) in [5, 5.41) is 9.89.